The number of hydrogen-bond acceptors (Lipinski definition) is 3. The molecule has 154 valence electrons. The lowest BCUT2D eigenvalue weighted by atomic mass is 10.1. The Morgan fingerprint density at radius 1 is 1.21 bits per heavy atom. The summed E-state index contributed by atoms with van der Waals surface area (Å²) in [6.07, 6.45) is 2.50. The molecule has 28 heavy (non-hydrogen) atoms. The van der Waals surface area contributed by atoms with Gasteiger partial charge in [0.2, 0.25) is 0 Å². The maximum atomic E-state index is 5.75. The summed E-state index contributed by atoms with van der Waals surface area (Å²) in [5, 5.41) is 8.26. The molecule has 1 saturated heterocycles. The van der Waals surface area contributed by atoms with Crippen LogP contribution in [-0.4, -0.2) is 53.5 Å². The molecular formula is C21H32IN5O. The van der Waals surface area contributed by atoms with Gasteiger partial charge in [0, 0.05) is 44.5 Å². The maximum absolute atomic E-state index is 5.75. The molecule has 0 saturated carbocycles. The van der Waals surface area contributed by atoms with Crippen molar-refractivity contribution in [1.82, 2.24) is 20.0 Å². The summed E-state index contributed by atoms with van der Waals surface area (Å²) in [4.78, 5) is 6.81. The topological polar surface area (TPSA) is 54.7 Å². The highest BCUT2D eigenvalue weighted by atomic mass is 127. The van der Waals surface area contributed by atoms with Gasteiger partial charge in [0.1, 0.15) is 0 Å². The fourth-order valence-electron chi connectivity index (χ4n) is 3.72. The SMILES string of the molecule is CCOC1CCN(C(=NC)NCc2c(C)nn(-c3ccccc3)c2C)CC1.I. The fraction of sp³-hybridized carbons (Fsp3) is 0.524. The molecule has 0 aliphatic carbocycles. The van der Waals surface area contributed by atoms with E-state index in [0.717, 1.165) is 62.1 Å². The quantitative estimate of drug-likeness (QED) is 0.389. The first-order chi connectivity index (χ1) is 13.1. The number of nitrogens with zero attached hydrogens (tertiary/aromatic N) is 4. The molecule has 3 rings (SSSR count). The lowest BCUT2D eigenvalue weighted by Gasteiger charge is -2.34. The van der Waals surface area contributed by atoms with Crippen molar-refractivity contribution in [3.05, 3.63) is 47.3 Å². The number of rotatable bonds is 5. The molecule has 1 aliphatic rings. The third-order valence-electron chi connectivity index (χ3n) is 5.22. The fourth-order valence-corrected chi connectivity index (χ4v) is 3.72. The third-order valence-corrected chi connectivity index (χ3v) is 5.22. The Morgan fingerprint density at radius 3 is 2.50 bits per heavy atom. The van der Waals surface area contributed by atoms with Crippen LogP contribution in [-0.2, 0) is 11.3 Å². The highest BCUT2D eigenvalue weighted by molar-refractivity contribution is 14.0. The van der Waals surface area contributed by atoms with Crippen molar-refractivity contribution in [3.63, 3.8) is 0 Å². The first kappa shape index (κ1) is 22.7. The molecule has 1 aromatic heterocycles. The van der Waals surface area contributed by atoms with Crippen LogP contribution in [0.3, 0.4) is 0 Å². The first-order valence-corrected chi connectivity index (χ1v) is 9.81. The second-order valence-electron chi connectivity index (χ2n) is 6.94. The van der Waals surface area contributed by atoms with Gasteiger partial charge in [0.15, 0.2) is 5.96 Å². The van der Waals surface area contributed by atoms with E-state index in [1.807, 2.05) is 29.9 Å². The van der Waals surface area contributed by atoms with Crippen LogP contribution in [0.2, 0.25) is 0 Å². The van der Waals surface area contributed by atoms with E-state index in [1.54, 1.807) is 0 Å². The monoisotopic (exact) mass is 497 g/mol. The molecule has 1 aromatic carbocycles. The average molecular weight is 497 g/mol. The van der Waals surface area contributed by atoms with E-state index in [0.29, 0.717) is 6.10 Å². The van der Waals surface area contributed by atoms with Gasteiger partial charge in [-0.2, -0.15) is 5.10 Å². The summed E-state index contributed by atoms with van der Waals surface area (Å²) in [5.74, 6) is 0.955. The Balaban J connectivity index is 0.00000280. The Hall–Kier alpha value is -1.61. The van der Waals surface area contributed by atoms with Crippen molar-refractivity contribution in [3.8, 4) is 5.69 Å². The highest BCUT2D eigenvalue weighted by Crippen LogP contribution is 2.18. The van der Waals surface area contributed by atoms with Crippen molar-refractivity contribution in [2.45, 2.75) is 46.3 Å². The second-order valence-corrected chi connectivity index (χ2v) is 6.94. The van der Waals surface area contributed by atoms with Gasteiger partial charge in [-0.05, 0) is 45.7 Å². The molecule has 0 unspecified atom stereocenters. The minimum atomic E-state index is 0. The van der Waals surface area contributed by atoms with Crippen LogP contribution >= 0.6 is 24.0 Å². The lowest BCUT2D eigenvalue weighted by molar-refractivity contribution is 0.0263. The number of halogens is 1. The van der Waals surface area contributed by atoms with Gasteiger partial charge in [-0.15, -0.1) is 24.0 Å². The van der Waals surface area contributed by atoms with Gasteiger partial charge >= 0.3 is 0 Å². The predicted molar refractivity (Wildman–Crippen MR) is 125 cm³/mol. The number of ether oxygens (including phenoxy) is 1. The van der Waals surface area contributed by atoms with E-state index < -0.39 is 0 Å². The number of para-hydroxylation sites is 1. The summed E-state index contributed by atoms with van der Waals surface area (Å²) in [6, 6.07) is 10.3. The normalized spacial score (nSPS) is 15.4. The van der Waals surface area contributed by atoms with Crippen LogP contribution in [0.15, 0.2) is 35.3 Å². The molecule has 0 spiro atoms. The van der Waals surface area contributed by atoms with Gasteiger partial charge in [-0.1, -0.05) is 18.2 Å². The van der Waals surface area contributed by atoms with E-state index in [4.69, 9.17) is 9.84 Å². The van der Waals surface area contributed by atoms with Crippen molar-refractivity contribution in [2.24, 2.45) is 4.99 Å². The van der Waals surface area contributed by atoms with Crippen LogP contribution < -0.4 is 5.32 Å². The number of benzene rings is 1. The van der Waals surface area contributed by atoms with Gasteiger partial charge in [0.25, 0.3) is 0 Å². The molecule has 7 heteroatoms. The second kappa shape index (κ2) is 10.8. The molecule has 1 N–H and O–H groups in total. The molecule has 2 aromatic rings. The van der Waals surface area contributed by atoms with Gasteiger partial charge in [-0.25, -0.2) is 4.68 Å². The molecule has 0 amide bonds. The first-order valence-electron chi connectivity index (χ1n) is 9.81. The molecular weight excluding hydrogens is 465 g/mol. The minimum absolute atomic E-state index is 0. The zero-order valence-electron chi connectivity index (χ0n) is 17.3. The third kappa shape index (κ3) is 5.26. The number of piperidine rings is 1. The van der Waals surface area contributed by atoms with Gasteiger partial charge < -0.3 is 15.0 Å². The van der Waals surface area contributed by atoms with E-state index in [2.05, 4.69) is 48.1 Å². The van der Waals surface area contributed by atoms with E-state index >= 15 is 0 Å². The molecule has 1 fully saturated rings. The number of guanidine groups is 1. The number of aliphatic imine (C=N–C) groups is 1. The van der Waals surface area contributed by atoms with E-state index in [9.17, 15) is 0 Å². The van der Waals surface area contributed by atoms with Crippen molar-refractivity contribution in [1.29, 1.82) is 0 Å². The Labute approximate surface area is 185 Å². The van der Waals surface area contributed by atoms with Crippen molar-refractivity contribution in [2.75, 3.05) is 26.7 Å². The number of nitrogens with one attached hydrogen (secondary N) is 1. The van der Waals surface area contributed by atoms with Crippen LogP contribution in [0.1, 0.15) is 36.7 Å². The summed E-state index contributed by atoms with van der Waals surface area (Å²) in [6.45, 7) is 9.73. The molecule has 0 atom stereocenters. The molecule has 0 radical (unpaired) electrons. The smallest absolute Gasteiger partial charge is 0.193 e. The summed E-state index contributed by atoms with van der Waals surface area (Å²) >= 11 is 0. The summed E-state index contributed by atoms with van der Waals surface area (Å²) < 4.78 is 7.77. The van der Waals surface area contributed by atoms with E-state index in [1.165, 1.54) is 5.56 Å². The van der Waals surface area contributed by atoms with Gasteiger partial charge in [-0.3, -0.25) is 4.99 Å². The summed E-state index contributed by atoms with van der Waals surface area (Å²) in [7, 11) is 1.85. The molecule has 6 nitrogen and oxygen atoms in total. The zero-order chi connectivity index (χ0) is 19.2. The molecule has 0 bridgehead atoms. The van der Waals surface area contributed by atoms with Crippen LogP contribution in [0.25, 0.3) is 5.69 Å². The van der Waals surface area contributed by atoms with Crippen LogP contribution in [0.5, 0.6) is 0 Å². The van der Waals surface area contributed by atoms with E-state index in [-0.39, 0.29) is 24.0 Å². The lowest BCUT2D eigenvalue weighted by Crippen LogP contribution is -2.46. The molecule has 2 heterocycles. The highest BCUT2D eigenvalue weighted by Gasteiger charge is 2.22. The number of hydrogen-bond donors (Lipinski definition) is 1. The zero-order valence-corrected chi connectivity index (χ0v) is 19.6. The summed E-state index contributed by atoms with van der Waals surface area (Å²) in [5.41, 5.74) is 4.53. The minimum Gasteiger partial charge on any atom is -0.378 e. The predicted octanol–water partition coefficient (Wildman–Crippen LogP) is 3.68. The Bertz CT molecular complexity index is 767. The largest absolute Gasteiger partial charge is 0.378 e. The van der Waals surface area contributed by atoms with Crippen LogP contribution in [0, 0.1) is 13.8 Å². The van der Waals surface area contributed by atoms with Gasteiger partial charge in [0.05, 0.1) is 17.5 Å². The van der Waals surface area contributed by atoms with Crippen molar-refractivity contribution >= 4 is 29.9 Å². The molecule has 1 aliphatic heterocycles. The van der Waals surface area contributed by atoms with Crippen LogP contribution in [0.4, 0.5) is 0 Å². The Kier molecular flexibility index (Phi) is 8.75. The average Bonchev–Trinajstić information content (AvgIpc) is 2.98. The van der Waals surface area contributed by atoms with Crippen molar-refractivity contribution < 1.29 is 4.74 Å². The standard InChI is InChI=1S/C21H31N5O.HI/c1-5-27-19-11-13-25(14-12-19)21(22-4)23-15-20-16(2)24-26(17(20)3)18-9-7-6-8-10-18;/h6-10,19H,5,11-15H2,1-4H3,(H,22,23);1H. The Morgan fingerprint density at radius 2 is 1.89 bits per heavy atom. The number of aromatic nitrogens is 2. The maximum Gasteiger partial charge on any atom is 0.193 e. The number of aryl methyl sites for hydroxylation is 1. The number of likely N-dealkylation sites (tertiary alicyclic amines) is 1.